The molecule has 3 rings (SSSR count). The maximum absolute atomic E-state index is 11.9. The van der Waals surface area contributed by atoms with Gasteiger partial charge in [-0.1, -0.05) is 26.0 Å². The lowest BCUT2D eigenvalue weighted by atomic mass is 10.1. The van der Waals surface area contributed by atoms with Crippen molar-refractivity contribution in [2.45, 2.75) is 46.5 Å². The molecule has 29 heavy (non-hydrogen) atoms. The van der Waals surface area contributed by atoms with Crippen LogP contribution >= 0.6 is 0 Å². The Bertz CT molecular complexity index is 859. The number of nitrogens with zero attached hydrogens (tertiary/aromatic N) is 3. The summed E-state index contributed by atoms with van der Waals surface area (Å²) < 4.78 is 5.30. The van der Waals surface area contributed by atoms with Gasteiger partial charge >= 0.3 is 5.97 Å². The van der Waals surface area contributed by atoms with Crippen molar-refractivity contribution in [3.8, 4) is 5.75 Å². The van der Waals surface area contributed by atoms with E-state index in [1.165, 1.54) is 6.92 Å². The maximum Gasteiger partial charge on any atom is 0.308 e. The highest BCUT2D eigenvalue weighted by Gasteiger charge is 2.20. The van der Waals surface area contributed by atoms with Gasteiger partial charge in [-0.05, 0) is 36.5 Å². The van der Waals surface area contributed by atoms with Crippen LogP contribution in [0.25, 0.3) is 0 Å². The predicted molar refractivity (Wildman–Crippen MR) is 112 cm³/mol. The van der Waals surface area contributed by atoms with Crippen molar-refractivity contribution in [3.05, 3.63) is 41.9 Å². The third kappa shape index (κ3) is 6.01. The molecule has 1 aromatic heterocycles. The summed E-state index contributed by atoms with van der Waals surface area (Å²) in [5, 5.41) is 2.91. The molecule has 1 aliphatic heterocycles. The summed E-state index contributed by atoms with van der Waals surface area (Å²) >= 11 is 0. The van der Waals surface area contributed by atoms with E-state index in [1.807, 2.05) is 38.1 Å². The van der Waals surface area contributed by atoms with Crippen LogP contribution in [0.1, 0.15) is 51.4 Å². The van der Waals surface area contributed by atoms with Crippen LogP contribution < -0.4 is 15.0 Å². The molecule has 2 heterocycles. The Kier molecular flexibility index (Phi) is 6.80. The number of rotatable bonds is 7. The number of aromatic nitrogens is 2. The fourth-order valence-corrected chi connectivity index (χ4v) is 3.34. The molecule has 7 heteroatoms. The van der Waals surface area contributed by atoms with E-state index in [0.717, 1.165) is 37.2 Å². The van der Waals surface area contributed by atoms with Gasteiger partial charge in [-0.15, -0.1) is 0 Å². The van der Waals surface area contributed by atoms with Crippen molar-refractivity contribution in [2.75, 3.05) is 23.3 Å². The van der Waals surface area contributed by atoms with Gasteiger partial charge in [-0.2, -0.15) is 0 Å². The third-order valence-corrected chi connectivity index (χ3v) is 4.64. The summed E-state index contributed by atoms with van der Waals surface area (Å²) in [6, 6.07) is 7.71. The highest BCUT2D eigenvalue weighted by atomic mass is 16.5. The van der Waals surface area contributed by atoms with Crippen LogP contribution in [0.5, 0.6) is 5.75 Å². The van der Waals surface area contributed by atoms with Crippen molar-refractivity contribution in [1.29, 1.82) is 0 Å². The van der Waals surface area contributed by atoms with Crippen LogP contribution in [0.2, 0.25) is 0 Å². The second kappa shape index (κ2) is 9.49. The minimum absolute atomic E-state index is 0.0207. The summed E-state index contributed by atoms with van der Waals surface area (Å²) in [5.74, 6) is 1.72. The molecule has 0 radical (unpaired) electrons. The summed E-state index contributed by atoms with van der Waals surface area (Å²) in [6.45, 7) is 7.21. The fraction of sp³-hybridized carbons (Fsp3) is 0.455. The number of carbonyl (C=O) groups excluding carboxylic acids is 2. The average molecular weight is 396 g/mol. The van der Waals surface area contributed by atoms with E-state index in [9.17, 15) is 9.59 Å². The minimum Gasteiger partial charge on any atom is -0.421 e. The van der Waals surface area contributed by atoms with Gasteiger partial charge in [0, 0.05) is 38.5 Å². The number of nitrogens with one attached hydrogen (secondary N) is 1. The summed E-state index contributed by atoms with van der Waals surface area (Å²) in [5.41, 5.74) is 1.82. The molecule has 0 spiro atoms. The standard InChI is InChI=1S/C22H28N4O3/c1-15(2)12-21(28)24-18-8-6-17(7-9-18)13-20-23-14-19(29-16(3)27)22(25-20)26-10-4-5-11-26/h6-9,14-15H,4-5,10-13H2,1-3H3,(H,24,28). The Labute approximate surface area is 171 Å². The summed E-state index contributed by atoms with van der Waals surface area (Å²) in [6.07, 6.45) is 4.84. The van der Waals surface area contributed by atoms with Crippen LogP contribution in [-0.2, 0) is 16.0 Å². The van der Waals surface area contributed by atoms with Crippen molar-refractivity contribution in [3.63, 3.8) is 0 Å². The fourth-order valence-electron chi connectivity index (χ4n) is 3.34. The number of carbonyl (C=O) groups is 2. The van der Waals surface area contributed by atoms with Crippen LogP contribution in [0.4, 0.5) is 11.5 Å². The molecule has 154 valence electrons. The molecule has 1 amide bonds. The molecule has 2 aromatic rings. The first-order valence-corrected chi connectivity index (χ1v) is 10.1. The van der Waals surface area contributed by atoms with E-state index in [2.05, 4.69) is 20.2 Å². The number of esters is 1. The first-order chi connectivity index (χ1) is 13.9. The van der Waals surface area contributed by atoms with E-state index in [0.29, 0.717) is 36.2 Å². The van der Waals surface area contributed by atoms with Crippen molar-refractivity contribution in [1.82, 2.24) is 9.97 Å². The zero-order valence-electron chi connectivity index (χ0n) is 17.3. The van der Waals surface area contributed by atoms with Crippen LogP contribution in [0, 0.1) is 5.92 Å². The topological polar surface area (TPSA) is 84.4 Å². The quantitative estimate of drug-likeness (QED) is 0.720. The lowest BCUT2D eigenvalue weighted by molar-refractivity contribution is -0.131. The lowest BCUT2D eigenvalue weighted by Gasteiger charge is -2.19. The number of hydrogen-bond acceptors (Lipinski definition) is 6. The average Bonchev–Trinajstić information content (AvgIpc) is 3.18. The molecular weight excluding hydrogens is 368 g/mol. The number of hydrogen-bond donors (Lipinski definition) is 1. The largest absolute Gasteiger partial charge is 0.421 e. The molecule has 1 aliphatic rings. The molecule has 0 bridgehead atoms. The van der Waals surface area contributed by atoms with Gasteiger partial charge in [0.15, 0.2) is 11.6 Å². The molecule has 0 saturated carbocycles. The second-order valence-corrected chi connectivity index (χ2v) is 7.78. The molecule has 0 unspecified atom stereocenters. The van der Waals surface area contributed by atoms with Crippen molar-refractivity contribution >= 4 is 23.4 Å². The van der Waals surface area contributed by atoms with Crippen LogP contribution in [-0.4, -0.2) is 34.9 Å². The Balaban J connectivity index is 1.71. The van der Waals surface area contributed by atoms with Gasteiger partial charge in [0.25, 0.3) is 0 Å². The van der Waals surface area contributed by atoms with Crippen LogP contribution in [0.3, 0.4) is 0 Å². The SMILES string of the molecule is CC(=O)Oc1cnc(Cc2ccc(NC(=O)CC(C)C)cc2)nc1N1CCCC1. The Hall–Kier alpha value is -2.96. The Morgan fingerprint density at radius 2 is 1.86 bits per heavy atom. The molecular formula is C22H28N4O3. The number of ether oxygens (including phenoxy) is 1. The molecule has 7 nitrogen and oxygen atoms in total. The van der Waals surface area contributed by atoms with Crippen molar-refractivity contribution in [2.24, 2.45) is 5.92 Å². The van der Waals surface area contributed by atoms with Gasteiger partial charge in [-0.3, -0.25) is 9.59 Å². The minimum atomic E-state index is -0.378. The normalized spacial score (nSPS) is 13.6. The first-order valence-electron chi connectivity index (χ1n) is 10.1. The number of benzene rings is 1. The van der Waals surface area contributed by atoms with Crippen molar-refractivity contribution < 1.29 is 14.3 Å². The Morgan fingerprint density at radius 1 is 1.17 bits per heavy atom. The summed E-state index contributed by atoms with van der Waals surface area (Å²) in [4.78, 5) is 34.5. The number of anilines is 2. The van der Waals surface area contributed by atoms with Gasteiger partial charge in [-0.25, -0.2) is 9.97 Å². The van der Waals surface area contributed by atoms with E-state index >= 15 is 0 Å². The molecule has 1 fully saturated rings. The van der Waals surface area contributed by atoms with Gasteiger partial charge < -0.3 is 15.0 Å². The molecule has 1 saturated heterocycles. The summed E-state index contributed by atoms with van der Waals surface area (Å²) in [7, 11) is 0. The Morgan fingerprint density at radius 3 is 2.48 bits per heavy atom. The molecule has 0 atom stereocenters. The third-order valence-electron chi connectivity index (χ3n) is 4.64. The maximum atomic E-state index is 11.9. The molecule has 1 N–H and O–H groups in total. The lowest BCUT2D eigenvalue weighted by Crippen LogP contribution is -2.21. The second-order valence-electron chi connectivity index (χ2n) is 7.78. The zero-order chi connectivity index (χ0) is 20.8. The highest BCUT2D eigenvalue weighted by Crippen LogP contribution is 2.29. The van der Waals surface area contributed by atoms with E-state index in [4.69, 9.17) is 4.74 Å². The first kappa shape index (κ1) is 20.8. The molecule has 1 aromatic carbocycles. The van der Waals surface area contributed by atoms with E-state index in [1.54, 1.807) is 6.20 Å². The molecule has 0 aliphatic carbocycles. The van der Waals surface area contributed by atoms with E-state index < -0.39 is 0 Å². The van der Waals surface area contributed by atoms with E-state index in [-0.39, 0.29) is 11.9 Å². The smallest absolute Gasteiger partial charge is 0.308 e. The highest BCUT2D eigenvalue weighted by molar-refractivity contribution is 5.90. The van der Waals surface area contributed by atoms with Gasteiger partial charge in [0.1, 0.15) is 5.82 Å². The van der Waals surface area contributed by atoms with Crippen LogP contribution in [0.15, 0.2) is 30.5 Å². The van der Waals surface area contributed by atoms with Gasteiger partial charge in [0.2, 0.25) is 5.91 Å². The number of amides is 1. The monoisotopic (exact) mass is 396 g/mol. The predicted octanol–water partition coefficient (Wildman–Crippen LogP) is 3.58. The van der Waals surface area contributed by atoms with Gasteiger partial charge in [0.05, 0.1) is 6.20 Å². The zero-order valence-corrected chi connectivity index (χ0v) is 17.3.